The topological polar surface area (TPSA) is 115 Å². The highest BCUT2D eigenvalue weighted by Crippen LogP contribution is 2.25. The Morgan fingerprint density at radius 3 is 2.30 bits per heavy atom. The first kappa shape index (κ1) is 24.7. The lowest BCUT2D eigenvalue weighted by atomic mass is 10.2. The molecule has 0 aliphatic carbocycles. The molecule has 3 rings (SSSR count). The maximum atomic E-state index is 12.6. The molecule has 1 aromatic heterocycles. The Labute approximate surface area is 197 Å². The largest absolute Gasteiger partial charge is 0.494 e. The Balaban J connectivity index is 1.58. The number of ether oxygens (including phenoxy) is 1. The van der Waals surface area contributed by atoms with Crippen molar-refractivity contribution in [1.82, 2.24) is 14.5 Å². The van der Waals surface area contributed by atoms with Crippen LogP contribution < -0.4 is 10.1 Å². The van der Waals surface area contributed by atoms with Crippen molar-refractivity contribution >= 4 is 33.4 Å². The van der Waals surface area contributed by atoms with E-state index in [1.165, 1.54) is 16.4 Å². The van der Waals surface area contributed by atoms with Crippen molar-refractivity contribution in [1.29, 1.82) is 0 Å². The van der Waals surface area contributed by atoms with Gasteiger partial charge in [-0.05, 0) is 55.5 Å². The number of sulfonamides is 1. The quantitative estimate of drug-likeness (QED) is 0.403. The molecule has 0 radical (unpaired) electrons. The number of anilines is 1. The highest BCUT2D eigenvalue weighted by molar-refractivity contribution is 7.99. The standard InChI is InChI=1S/C22H26N4O5S2/c1-4-26(5-2)33(28,29)19-13-7-16(8-14-19)21-24-25-22(31-21)32-15-20(27)23-17-9-11-18(12-10-17)30-6-3/h7-14H,4-6,15H2,1-3H3,(H,23,27). The molecule has 0 aliphatic rings. The van der Waals surface area contributed by atoms with Gasteiger partial charge < -0.3 is 14.5 Å². The molecule has 1 heterocycles. The van der Waals surface area contributed by atoms with Gasteiger partial charge in [0.25, 0.3) is 5.22 Å². The van der Waals surface area contributed by atoms with Gasteiger partial charge in [0, 0.05) is 24.3 Å². The van der Waals surface area contributed by atoms with Gasteiger partial charge >= 0.3 is 0 Å². The first-order valence-corrected chi connectivity index (χ1v) is 12.9. The summed E-state index contributed by atoms with van der Waals surface area (Å²) < 4.78 is 37.6. The summed E-state index contributed by atoms with van der Waals surface area (Å²) in [4.78, 5) is 12.4. The average molecular weight is 491 g/mol. The zero-order chi connectivity index (χ0) is 23.8. The average Bonchev–Trinajstić information content (AvgIpc) is 3.29. The molecule has 1 amide bonds. The van der Waals surface area contributed by atoms with Gasteiger partial charge in [-0.25, -0.2) is 8.42 Å². The second-order valence-corrected chi connectivity index (χ2v) is 9.65. The van der Waals surface area contributed by atoms with E-state index in [2.05, 4.69) is 15.5 Å². The van der Waals surface area contributed by atoms with Gasteiger partial charge in [-0.3, -0.25) is 4.79 Å². The van der Waals surface area contributed by atoms with Crippen molar-refractivity contribution in [3.63, 3.8) is 0 Å². The number of nitrogens with one attached hydrogen (secondary N) is 1. The fraction of sp³-hybridized carbons (Fsp3) is 0.318. The fourth-order valence-corrected chi connectivity index (χ4v) is 5.01. The molecule has 0 saturated carbocycles. The summed E-state index contributed by atoms with van der Waals surface area (Å²) >= 11 is 1.11. The van der Waals surface area contributed by atoms with Crippen LogP contribution in [0.15, 0.2) is 63.1 Å². The van der Waals surface area contributed by atoms with E-state index in [4.69, 9.17) is 9.15 Å². The number of carbonyl (C=O) groups excluding carboxylic acids is 1. The van der Waals surface area contributed by atoms with Gasteiger partial charge in [0.15, 0.2) is 0 Å². The summed E-state index contributed by atoms with van der Waals surface area (Å²) in [5.74, 6) is 0.864. The minimum absolute atomic E-state index is 0.0932. The molecular formula is C22H26N4O5S2. The van der Waals surface area contributed by atoms with Crippen LogP contribution >= 0.6 is 11.8 Å². The first-order chi connectivity index (χ1) is 15.9. The number of nitrogens with zero attached hydrogens (tertiary/aromatic N) is 3. The number of hydrogen-bond donors (Lipinski definition) is 1. The van der Waals surface area contributed by atoms with E-state index >= 15 is 0 Å². The molecule has 33 heavy (non-hydrogen) atoms. The minimum Gasteiger partial charge on any atom is -0.494 e. The first-order valence-electron chi connectivity index (χ1n) is 10.5. The van der Waals surface area contributed by atoms with Gasteiger partial charge in [-0.2, -0.15) is 4.31 Å². The van der Waals surface area contributed by atoms with Crippen LogP contribution in [-0.4, -0.2) is 54.3 Å². The van der Waals surface area contributed by atoms with E-state index in [1.54, 1.807) is 50.2 Å². The van der Waals surface area contributed by atoms with Gasteiger partial charge in [0.1, 0.15) is 5.75 Å². The molecular weight excluding hydrogens is 464 g/mol. The predicted octanol–water partition coefficient (Wildman–Crippen LogP) is 3.90. The summed E-state index contributed by atoms with van der Waals surface area (Å²) in [6.07, 6.45) is 0. The van der Waals surface area contributed by atoms with Crippen molar-refractivity contribution in [3.8, 4) is 17.2 Å². The number of rotatable bonds is 11. The number of hydrogen-bond acceptors (Lipinski definition) is 8. The number of amides is 1. The smallest absolute Gasteiger partial charge is 0.277 e. The Hall–Kier alpha value is -2.89. The summed E-state index contributed by atoms with van der Waals surface area (Å²) in [5.41, 5.74) is 1.25. The summed E-state index contributed by atoms with van der Waals surface area (Å²) in [7, 11) is -3.53. The van der Waals surface area contributed by atoms with Crippen molar-refractivity contribution in [2.45, 2.75) is 30.9 Å². The van der Waals surface area contributed by atoms with Crippen molar-refractivity contribution < 1.29 is 22.4 Å². The third kappa shape index (κ3) is 6.34. The molecule has 11 heteroatoms. The lowest BCUT2D eigenvalue weighted by Crippen LogP contribution is -2.30. The third-order valence-electron chi connectivity index (χ3n) is 4.63. The van der Waals surface area contributed by atoms with Gasteiger partial charge in [-0.15, -0.1) is 10.2 Å². The van der Waals surface area contributed by atoms with Crippen LogP contribution in [0, 0.1) is 0 Å². The SMILES string of the molecule is CCOc1ccc(NC(=O)CSc2nnc(-c3ccc(S(=O)(=O)N(CC)CC)cc3)o2)cc1. The number of benzene rings is 2. The predicted molar refractivity (Wildman–Crippen MR) is 127 cm³/mol. The molecule has 0 unspecified atom stereocenters. The summed E-state index contributed by atoms with van der Waals surface area (Å²) in [6, 6.07) is 13.4. The third-order valence-corrected chi connectivity index (χ3v) is 7.51. The maximum absolute atomic E-state index is 12.6. The molecule has 0 spiro atoms. The zero-order valence-corrected chi connectivity index (χ0v) is 20.3. The Morgan fingerprint density at radius 1 is 1.03 bits per heavy atom. The zero-order valence-electron chi connectivity index (χ0n) is 18.6. The molecule has 0 saturated heterocycles. The lowest BCUT2D eigenvalue weighted by Gasteiger charge is -2.18. The van der Waals surface area contributed by atoms with Gasteiger partial charge in [-0.1, -0.05) is 25.6 Å². The summed E-state index contributed by atoms with van der Waals surface area (Å²) in [6.45, 7) is 6.88. The van der Waals surface area contributed by atoms with Crippen molar-refractivity contribution in [3.05, 3.63) is 48.5 Å². The fourth-order valence-electron chi connectivity index (χ4n) is 2.99. The second-order valence-electron chi connectivity index (χ2n) is 6.78. The number of carbonyl (C=O) groups is 1. The van der Waals surface area contributed by atoms with Crippen LogP contribution in [0.25, 0.3) is 11.5 Å². The van der Waals surface area contributed by atoms with E-state index in [-0.39, 0.29) is 27.7 Å². The highest BCUT2D eigenvalue weighted by Gasteiger charge is 2.21. The monoisotopic (exact) mass is 490 g/mol. The molecule has 0 aliphatic heterocycles. The Bertz CT molecular complexity index is 1160. The van der Waals surface area contributed by atoms with Gasteiger partial charge in [0.2, 0.25) is 21.8 Å². The van der Waals surface area contributed by atoms with E-state index in [9.17, 15) is 13.2 Å². The molecule has 0 fully saturated rings. The van der Waals surface area contributed by atoms with Crippen LogP contribution in [0.1, 0.15) is 20.8 Å². The Kier molecular flexibility index (Phi) is 8.48. The molecule has 2 aromatic carbocycles. The van der Waals surface area contributed by atoms with E-state index in [1.807, 2.05) is 6.92 Å². The Morgan fingerprint density at radius 2 is 1.70 bits per heavy atom. The van der Waals surface area contributed by atoms with E-state index < -0.39 is 10.0 Å². The molecule has 9 nitrogen and oxygen atoms in total. The lowest BCUT2D eigenvalue weighted by molar-refractivity contribution is -0.113. The number of thioether (sulfide) groups is 1. The second kappa shape index (κ2) is 11.3. The van der Waals surface area contributed by atoms with Crippen molar-refractivity contribution in [2.24, 2.45) is 0 Å². The molecule has 1 N–H and O–H groups in total. The maximum Gasteiger partial charge on any atom is 0.277 e. The van der Waals surface area contributed by atoms with Crippen LogP contribution in [0.4, 0.5) is 5.69 Å². The van der Waals surface area contributed by atoms with Crippen LogP contribution in [0.3, 0.4) is 0 Å². The highest BCUT2D eigenvalue weighted by atomic mass is 32.2. The van der Waals surface area contributed by atoms with Gasteiger partial charge in [0.05, 0.1) is 17.3 Å². The molecule has 0 atom stereocenters. The van der Waals surface area contributed by atoms with Crippen LogP contribution in [0.5, 0.6) is 5.75 Å². The summed E-state index contributed by atoms with van der Waals surface area (Å²) in [5, 5.41) is 11.0. The van der Waals surface area contributed by atoms with Crippen LogP contribution in [0.2, 0.25) is 0 Å². The van der Waals surface area contributed by atoms with E-state index in [0.717, 1.165) is 17.5 Å². The van der Waals surface area contributed by atoms with E-state index in [0.29, 0.717) is 30.9 Å². The minimum atomic E-state index is -3.53. The normalized spacial score (nSPS) is 11.5. The molecule has 0 bridgehead atoms. The molecule has 176 valence electrons. The van der Waals surface area contributed by atoms with Crippen LogP contribution in [-0.2, 0) is 14.8 Å². The molecule has 3 aromatic rings. The number of aromatic nitrogens is 2. The van der Waals surface area contributed by atoms with Crippen molar-refractivity contribution in [2.75, 3.05) is 30.8 Å².